The van der Waals surface area contributed by atoms with Crippen LogP contribution in [0, 0.1) is 5.92 Å². The van der Waals surface area contributed by atoms with Gasteiger partial charge in [-0.3, -0.25) is 0 Å². The maximum atomic E-state index is 11.0. The standard InChI is InChI=1S/C6H12O3S/c1-9-4-6-2-3-10(7,8)5-6/h6H,2-5H2,1H3/p+1. The van der Waals surface area contributed by atoms with Gasteiger partial charge in [0.2, 0.25) is 10.2 Å². The van der Waals surface area contributed by atoms with Crippen LogP contribution < -0.4 is 0 Å². The topological polar surface area (TPSA) is 46.5 Å². The van der Waals surface area contributed by atoms with Gasteiger partial charge in [0.25, 0.3) is 0 Å². The number of hydrogen-bond acceptors (Lipinski definition) is 2. The van der Waals surface area contributed by atoms with Crippen molar-refractivity contribution in [1.82, 2.24) is 0 Å². The minimum Gasteiger partial charge on any atom is -0.384 e. The van der Waals surface area contributed by atoms with Crippen molar-refractivity contribution in [2.45, 2.75) is 6.42 Å². The smallest absolute Gasteiger partial charge is 0.214 e. The first-order valence-electron chi connectivity index (χ1n) is 3.35. The fourth-order valence-electron chi connectivity index (χ4n) is 1.25. The molecule has 1 saturated heterocycles. The van der Waals surface area contributed by atoms with Crippen molar-refractivity contribution < 1.29 is 13.5 Å². The molecule has 60 valence electrons. The van der Waals surface area contributed by atoms with E-state index in [9.17, 15) is 4.21 Å². The van der Waals surface area contributed by atoms with Crippen molar-refractivity contribution in [2.24, 2.45) is 5.92 Å². The quantitative estimate of drug-likeness (QED) is 0.610. The molecule has 1 aliphatic rings. The molecule has 10 heavy (non-hydrogen) atoms. The molecule has 0 spiro atoms. The second-order valence-corrected chi connectivity index (χ2v) is 5.04. The van der Waals surface area contributed by atoms with Crippen LogP contribution in [0.25, 0.3) is 0 Å². The molecule has 2 atom stereocenters. The summed E-state index contributed by atoms with van der Waals surface area (Å²) in [6, 6.07) is 0. The summed E-state index contributed by atoms with van der Waals surface area (Å²) in [6.45, 7) is 0.623. The van der Waals surface area contributed by atoms with Gasteiger partial charge in [-0.15, -0.1) is 0 Å². The zero-order valence-corrected chi connectivity index (χ0v) is 6.89. The first-order chi connectivity index (χ1) is 4.64. The summed E-state index contributed by atoms with van der Waals surface area (Å²) < 4.78 is 24.9. The minimum absolute atomic E-state index is 0.308. The highest BCUT2D eigenvalue weighted by atomic mass is 32.3. The molecule has 4 heteroatoms. The van der Waals surface area contributed by atoms with E-state index >= 15 is 0 Å². The van der Waals surface area contributed by atoms with Gasteiger partial charge in [-0.05, 0) is 0 Å². The number of rotatable bonds is 2. The molecular weight excluding hydrogens is 152 g/mol. The van der Waals surface area contributed by atoms with E-state index in [0.29, 0.717) is 24.0 Å². The Balaban J connectivity index is 2.36. The second kappa shape index (κ2) is 2.98. The molecule has 0 amide bonds. The van der Waals surface area contributed by atoms with Crippen molar-refractivity contribution >= 4 is 10.2 Å². The molecule has 0 saturated carbocycles. The van der Waals surface area contributed by atoms with Crippen LogP contribution in [0.2, 0.25) is 0 Å². The molecular formula is C6H13O3S+. The molecule has 1 rings (SSSR count). The number of hydrogen-bond donors (Lipinski definition) is 1. The summed E-state index contributed by atoms with van der Waals surface area (Å²) in [7, 11) is -0.825. The lowest BCUT2D eigenvalue weighted by Crippen LogP contribution is -2.14. The lowest BCUT2D eigenvalue weighted by molar-refractivity contribution is 0.162. The average molecular weight is 165 g/mol. The predicted molar refractivity (Wildman–Crippen MR) is 40.4 cm³/mol. The van der Waals surface area contributed by atoms with Crippen LogP contribution >= 0.6 is 0 Å². The van der Waals surface area contributed by atoms with Crippen molar-refractivity contribution in [2.75, 3.05) is 25.2 Å². The Kier molecular flexibility index (Phi) is 2.44. The van der Waals surface area contributed by atoms with E-state index in [-0.39, 0.29) is 0 Å². The maximum Gasteiger partial charge on any atom is 0.214 e. The van der Waals surface area contributed by atoms with E-state index in [4.69, 9.17) is 9.29 Å². The van der Waals surface area contributed by atoms with E-state index in [2.05, 4.69) is 0 Å². The van der Waals surface area contributed by atoms with E-state index in [1.54, 1.807) is 7.11 Å². The van der Waals surface area contributed by atoms with Crippen LogP contribution in [-0.4, -0.2) is 29.8 Å². The summed E-state index contributed by atoms with van der Waals surface area (Å²) in [4.78, 5) is 0. The molecule has 0 aromatic rings. The first-order valence-corrected chi connectivity index (χ1v) is 5.20. The van der Waals surface area contributed by atoms with Gasteiger partial charge in [0.05, 0.1) is 6.61 Å². The zero-order valence-electron chi connectivity index (χ0n) is 6.08. The summed E-state index contributed by atoms with van der Waals surface area (Å²) in [5.74, 6) is 1.20. The van der Waals surface area contributed by atoms with Crippen LogP contribution in [0.3, 0.4) is 0 Å². The normalized spacial score (nSPS) is 40.4. The van der Waals surface area contributed by atoms with E-state index < -0.39 is 10.2 Å². The van der Waals surface area contributed by atoms with E-state index in [0.717, 1.165) is 6.42 Å². The molecule has 0 bridgehead atoms. The molecule has 0 aromatic carbocycles. The van der Waals surface area contributed by atoms with Gasteiger partial charge >= 0.3 is 0 Å². The van der Waals surface area contributed by atoms with Crippen molar-refractivity contribution in [3.05, 3.63) is 0 Å². The monoisotopic (exact) mass is 165 g/mol. The molecule has 0 radical (unpaired) electrons. The first kappa shape index (κ1) is 8.17. The van der Waals surface area contributed by atoms with E-state index in [1.165, 1.54) is 0 Å². The van der Waals surface area contributed by atoms with Gasteiger partial charge in [-0.1, -0.05) is 4.21 Å². The highest BCUT2D eigenvalue weighted by molar-refractivity contribution is 7.97. The van der Waals surface area contributed by atoms with Crippen molar-refractivity contribution in [3.63, 3.8) is 0 Å². The molecule has 3 nitrogen and oxygen atoms in total. The lowest BCUT2D eigenvalue weighted by atomic mass is 10.1. The van der Waals surface area contributed by atoms with Gasteiger partial charge in [0, 0.05) is 19.4 Å². The Morgan fingerprint density at radius 3 is 2.90 bits per heavy atom. The molecule has 1 fully saturated rings. The lowest BCUT2D eigenvalue weighted by Gasteiger charge is -2.00. The van der Waals surface area contributed by atoms with Crippen LogP contribution in [0.4, 0.5) is 0 Å². The maximum absolute atomic E-state index is 11.0. The van der Waals surface area contributed by atoms with Gasteiger partial charge < -0.3 is 4.74 Å². The van der Waals surface area contributed by atoms with Crippen LogP contribution in [0.1, 0.15) is 6.42 Å². The fraction of sp³-hybridized carbons (Fsp3) is 1.00. The fourth-order valence-corrected chi connectivity index (χ4v) is 3.12. The molecule has 1 heterocycles. The highest BCUT2D eigenvalue weighted by Crippen LogP contribution is 2.22. The zero-order chi connectivity index (χ0) is 7.61. The Hall–Kier alpha value is 0.0700. The van der Waals surface area contributed by atoms with Crippen molar-refractivity contribution in [1.29, 1.82) is 0 Å². The molecule has 0 aliphatic carbocycles. The minimum atomic E-state index is -2.45. The van der Waals surface area contributed by atoms with Crippen LogP contribution in [-0.2, 0) is 19.2 Å². The number of methoxy groups -OCH3 is 1. The molecule has 1 aliphatic heterocycles. The largest absolute Gasteiger partial charge is 0.384 e. The SMILES string of the molecule is COCC1CC[S+](=O)(O)C1. The molecule has 2 unspecified atom stereocenters. The summed E-state index contributed by atoms with van der Waals surface area (Å²) in [5.41, 5.74) is 0. The van der Waals surface area contributed by atoms with Gasteiger partial charge in [-0.25, -0.2) is 0 Å². The predicted octanol–water partition coefficient (Wildman–Crippen LogP) is 0.625. The molecule has 0 aromatic heterocycles. The van der Waals surface area contributed by atoms with Crippen molar-refractivity contribution in [3.8, 4) is 0 Å². The Labute approximate surface area is 62.0 Å². The Morgan fingerprint density at radius 1 is 1.80 bits per heavy atom. The molecule has 1 N–H and O–H groups in total. The van der Waals surface area contributed by atoms with Gasteiger partial charge in [0.1, 0.15) is 11.5 Å². The third-order valence-corrected chi connectivity index (χ3v) is 3.61. The third kappa shape index (κ3) is 2.04. The third-order valence-electron chi connectivity index (χ3n) is 1.74. The Morgan fingerprint density at radius 2 is 2.50 bits per heavy atom. The second-order valence-electron chi connectivity index (χ2n) is 2.75. The van der Waals surface area contributed by atoms with Gasteiger partial charge in [0.15, 0.2) is 0 Å². The van der Waals surface area contributed by atoms with Gasteiger partial charge in [-0.2, -0.15) is 4.55 Å². The Bertz CT molecular complexity index is 157. The summed E-state index contributed by atoms with van der Waals surface area (Å²) in [5, 5.41) is 0. The van der Waals surface area contributed by atoms with Crippen LogP contribution in [0.15, 0.2) is 0 Å². The average Bonchev–Trinajstić information content (AvgIpc) is 2.12. The van der Waals surface area contributed by atoms with Crippen LogP contribution in [0.5, 0.6) is 0 Å². The number of ether oxygens (including phenoxy) is 1. The summed E-state index contributed by atoms with van der Waals surface area (Å²) >= 11 is 0. The highest BCUT2D eigenvalue weighted by Gasteiger charge is 2.38. The summed E-state index contributed by atoms with van der Waals surface area (Å²) in [6.07, 6.45) is 0.836. The van der Waals surface area contributed by atoms with E-state index in [1.807, 2.05) is 0 Å².